The van der Waals surface area contributed by atoms with Crippen molar-refractivity contribution in [2.24, 2.45) is 0 Å². The average Bonchev–Trinajstić information content (AvgIpc) is 2.75. The van der Waals surface area contributed by atoms with Crippen LogP contribution in [0.2, 0.25) is 0 Å². The summed E-state index contributed by atoms with van der Waals surface area (Å²) < 4.78 is 11.0. The van der Waals surface area contributed by atoms with Crippen molar-refractivity contribution in [1.82, 2.24) is 4.90 Å². The minimum absolute atomic E-state index is 0.368. The van der Waals surface area contributed by atoms with E-state index in [1.165, 1.54) is 25.9 Å². The van der Waals surface area contributed by atoms with Crippen LogP contribution in [0.1, 0.15) is 33.1 Å². The first-order chi connectivity index (χ1) is 7.33. The molecule has 15 heavy (non-hydrogen) atoms. The minimum Gasteiger partial charge on any atom is -0.378 e. The number of ether oxygens (including phenoxy) is 2. The molecular weight excluding hydrogens is 190 g/mol. The van der Waals surface area contributed by atoms with Crippen LogP contribution in [0.5, 0.6) is 0 Å². The van der Waals surface area contributed by atoms with Gasteiger partial charge in [-0.15, -0.1) is 0 Å². The van der Waals surface area contributed by atoms with E-state index in [0.29, 0.717) is 6.10 Å². The van der Waals surface area contributed by atoms with Crippen LogP contribution in [0, 0.1) is 0 Å². The van der Waals surface area contributed by atoms with Crippen molar-refractivity contribution in [2.75, 3.05) is 39.5 Å². The van der Waals surface area contributed by atoms with Gasteiger partial charge in [0, 0.05) is 6.54 Å². The van der Waals surface area contributed by atoms with Gasteiger partial charge in [0.1, 0.15) is 0 Å². The Balaban J connectivity index is 1.80. The van der Waals surface area contributed by atoms with Gasteiger partial charge in [0.05, 0.1) is 25.9 Å². The van der Waals surface area contributed by atoms with Crippen LogP contribution in [0.4, 0.5) is 0 Å². The Morgan fingerprint density at radius 2 is 1.87 bits per heavy atom. The molecule has 1 unspecified atom stereocenters. The van der Waals surface area contributed by atoms with Crippen molar-refractivity contribution in [3.05, 3.63) is 0 Å². The molecule has 90 valence electrons. The largest absolute Gasteiger partial charge is 0.378 e. The van der Waals surface area contributed by atoms with E-state index in [1.54, 1.807) is 0 Å². The van der Waals surface area contributed by atoms with E-state index in [9.17, 15) is 0 Å². The Hall–Kier alpha value is -0.120. The van der Waals surface area contributed by atoms with Crippen molar-refractivity contribution in [3.63, 3.8) is 0 Å². The zero-order chi connectivity index (χ0) is 10.9. The lowest BCUT2D eigenvalue weighted by molar-refractivity contribution is 0.00747. The molecule has 0 aromatic carbocycles. The standard InChI is InChI=1S/C12H25NO2/c1-3-12(2)15-11-10-14-9-8-13-6-4-5-7-13/h12H,3-11H2,1-2H3. The quantitative estimate of drug-likeness (QED) is 0.577. The summed E-state index contributed by atoms with van der Waals surface area (Å²) in [6.45, 7) is 10.2. The Morgan fingerprint density at radius 3 is 2.53 bits per heavy atom. The normalized spacial score (nSPS) is 19.6. The van der Waals surface area contributed by atoms with Crippen LogP contribution in [-0.2, 0) is 9.47 Å². The molecule has 0 bridgehead atoms. The highest BCUT2D eigenvalue weighted by Gasteiger charge is 2.10. The number of hydrogen-bond donors (Lipinski definition) is 0. The van der Waals surface area contributed by atoms with Crippen LogP contribution in [0.25, 0.3) is 0 Å². The molecule has 0 amide bonds. The zero-order valence-corrected chi connectivity index (χ0v) is 10.2. The summed E-state index contributed by atoms with van der Waals surface area (Å²) in [5.41, 5.74) is 0. The topological polar surface area (TPSA) is 21.7 Å². The fourth-order valence-electron chi connectivity index (χ4n) is 1.73. The maximum atomic E-state index is 5.52. The van der Waals surface area contributed by atoms with E-state index in [1.807, 2.05) is 0 Å². The van der Waals surface area contributed by atoms with Gasteiger partial charge in [-0.25, -0.2) is 0 Å². The average molecular weight is 215 g/mol. The van der Waals surface area contributed by atoms with E-state index in [4.69, 9.17) is 9.47 Å². The fraction of sp³-hybridized carbons (Fsp3) is 1.00. The minimum atomic E-state index is 0.368. The summed E-state index contributed by atoms with van der Waals surface area (Å²) >= 11 is 0. The highest BCUT2D eigenvalue weighted by Crippen LogP contribution is 2.05. The van der Waals surface area contributed by atoms with E-state index < -0.39 is 0 Å². The Kier molecular flexibility index (Phi) is 6.98. The predicted octanol–water partition coefficient (Wildman–Crippen LogP) is 1.91. The Morgan fingerprint density at radius 1 is 1.13 bits per heavy atom. The highest BCUT2D eigenvalue weighted by atomic mass is 16.5. The third-order valence-electron chi connectivity index (χ3n) is 2.96. The van der Waals surface area contributed by atoms with Gasteiger partial charge in [-0.3, -0.25) is 0 Å². The molecule has 1 heterocycles. The van der Waals surface area contributed by atoms with Crippen molar-refractivity contribution in [1.29, 1.82) is 0 Å². The molecule has 1 rings (SSSR count). The van der Waals surface area contributed by atoms with Gasteiger partial charge in [0.2, 0.25) is 0 Å². The molecule has 0 aromatic heterocycles. The molecule has 0 aliphatic carbocycles. The van der Waals surface area contributed by atoms with Crippen LogP contribution in [-0.4, -0.2) is 50.5 Å². The second-order valence-electron chi connectivity index (χ2n) is 4.25. The van der Waals surface area contributed by atoms with Gasteiger partial charge in [-0.2, -0.15) is 0 Å². The molecule has 0 spiro atoms. The molecule has 3 heteroatoms. The molecule has 1 fully saturated rings. The lowest BCUT2D eigenvalue weighted by Crippen LogP contribution is -2.24. The van der Waals surface area contributed by atoms with Crippen molar-refractivity contribution in [3.8, 4) is 0 Å². The zero-order valence-electron chi connectivity index (χ0n) is 10.2. The summed E-state index contributed by atoms with van der Waals surface area (Å²) in [7, 11) is 0. The lowest BCUT2D eigenvalue weighted by Gasteiger charge is -2.15. The summed E-state index contributed by atoms with van der Waals surface area (Å²) in [5, 5.41) is 0. The van der Waals surface area contributed by atoms with Gasteiger partial charge in [-0.05, 0) is 39.3 Å². The second-order valence-corrected chi connectivity index (χ2v) is 4.25. The lowest BCUT2D eigenvalue weighted by atomic mass is 10.3. The molecule has 0 saturated carbocycles. The fourth-order valence-corrected chi connectivity index (χ4v) is 1.73. The number of nitrogens with zero attached hydrogens (tertiary/aromatic N) is 1. The van der Waals surface area contributed by atoms with Crippen molar-refractivity contribution < 1.29 is 9.47 Å². The van der Waals surface area contributed by atoms with Crippen molar-refractivity contribution in [2.45, 2.75) is 39.2 Å². The maximum Gasteiger partial charge on any atom is 0.0704 e. The third-order valence-corrected chi connectivity index (χ3v) is 2.96. The maximum absolute atomic E-state index is 5.52. The molecule has 0 aromatic rings. The van der Waals surface area contributed by atoms with Gasteiger partial charge in [0.15, 0.2) is 0 Å². The van der Waals surface area contributed by atoms with Gasteiger partial charge in [0.25, 0.3) is 0 Å². The SMILES string of the molecule is CCC(C)OCCOCCN1CCCC1. The van der Waals surface area contributed by atoms with E-state index in [2.05, 4.69) is 18.7 Å². The van der Waals surface area contributed by atoms with Crippen LogP contribution in [0.3, 0.4) is 0 Å². The first-order valence-electron chi connectivity index (χ1n) is 6.24. The van der Waals surface area contributed by atoms with Gasteiger partial charge < -0.3 is 14.4 Å². The summed E-state index contributed by atoms with van der Waals surface area (Å²) in [5.74, 6) is 0. The van der Waals surface area contributed by atoms with Crippen LogP contribution >= 0.6 is 0 Å². The molecule has 1 aliphatic rings. The first kappa shape index (κ1) is 12.9. The number of hydrogen-bond acceptors (Lipinski definition) is 3. The molecule has 1 saturated heterocycles. The van der Waals surface area contributed by atoms with E-state index in [0.717, 1.165) is 32.8 Å². The number of likely N-dealkylation sites (tertiary alicyclic amines) is 1. The molecule has 0 N–H and O–H groups in total. The first-order valence-corrected chi connectivity index (χ1v) is 6.24. The van der Waals surface area contributed by atoms with Gasteiger partial charge in [-0.1, -0.05) is 6.92 Å². The summed E-state index contributed by atoms with van der Waals surface area (Å²) in [4.78, 5) is 2.47. The van der Waals surface area contributed by atoms with E-state index in [-0.39, 0.29) is 0 Å². The second kappa shape index (κ2) is 8.08. The predicted molar refractivity (Wildman–Crippen MR) is 62.2 cm³/mol. The molecule has 1 atom stereocenters. The Labute approximate surface area is 93.7 Å². The molecule has 1 aliphatic heterocycles. The molecule has 0 radical (unpaired) electrons. The smallest absolute Gasteiger partial charge is 0.0704 e. The van der Waals surface area contributed by atoms with Crippen LogP contribution < -0.4 is 0 Å². The van der Waals surface area contributed by atoms with Crippen LogP contribution in [0.15, 0.2) is 0 Å². The molecule has 3 nitrogen and oxygen atoms in total. The molecular formula is C12H25NO2. The van der Waals surface area contributed by atoms with E-state index >= 15 is 0 Å². The summed E-state index contributed by atoms with van der Waals surface area (Å²) in [6, 6.07) is 0. The number of rotatable bonds is 8. The van der Waals surface area contributed by atoms with Crippen molar-refractivity contribution >= 4 is 0 Å². The highest BCUT2D eigenvalue weighted by molar-refractivity contribution is 4.64. The summed E-state index contributed by atoms with van der Waals surface area (Å²) in [6.07, 6.45) is 4.16. The Bertz CT molecular complexity index is 147. The monoisotopic (exact) mass is 215 g/mol. The third kappa shape index (κ3) is 6.13. The van der Waals surface area contributed by atoms with Gasteiger partial charge >= 0.3 is 0 Å².